The first-order valence-electron chi connectivity index (χ1n) is 7.95. The van der Waals surface area contributed by atoms with Crippen LogP contribution in [-0.2, 0) is 30.4 Å². The van der Waals surface area contributed by atoms with Crippen LogP contribution in [0, 0.1) is 0 Å². The van der Waals surface area contributed by atoms with Gasteiger partial charge in [0, 0.05) is 19.6 Å². The predicted octanol–water partition coefficient (Wildman–Crippen LogP) is 4.05. The normalized spacial score (nSPS) is 14.9. The molecule has 0 bridgehead atoms. The first kappa shape index (κ1) is 17.5. The number of carbonyl (C=O) groups excluding carboxylic acids is 1. The van der Waals surface area contributed by atoms with Crippen LogP contribution in [0.5, 0.6) is 0 Å². The Morgan fingerprint density at radius 1 is 1.12 bits per heavy atom. The van der Waals surface area contributed by atoms with Crippen molar-refractivity contribution in [3.8, 4) is 0 Å². The molecule has 2 aromatic rings. The standard InChI is InChI=1S/C19H18F3NO2/c1-25-18(24)15-4-5-16-12-23(9-8-14(16)10-15)11-13-2-6-17(7-3-13)19(20,21)22/h2-7,10H,8-9,11-12H2,1H3. The molecule has 0 aromatic heterocycles. The van der Waals surface area contributed by atoms with E-state index in [1.54, 1.807) is 6.07 Å². The zero-order valence-electron chi connectivity index (χ0n) is 13.8. The molecule has 0 unspecified atom stereocenters. The van der Waals surface area contributed by atoms with Gasteiger partial charge in [0.2, 0.25) is 0 Å². The highest BCUT2D eigenvalue weighted by atomic mass is 19.4. The lowest BCUT2D eigenvalue weighted by Gasteiger charge is -2.29. The van der Waals surface area contributed by atoms with Crippen molar-refractivity contribution in [1.82, 2.24) is 4.90 Å². The van der Waals surface area contributed by atoms with Crippen LogP contribution in [0.1, 0.15) is 32.6 Å². The Hall–Kier alpha value is -2.34. The van der Waals surface area contributed by atoms with E-state index in [9.17, 15) is 18.0 Å². The van der Waals surface area contributed by atoms with E-state index in [1.807, 2.05) is 12.1 Å². The second-order valence-corrected chi connectivity index (χ2v) is 6.13. The fourth-order valence-corrected chi connectivity index (χ4v) is 3.05. The molecule has 0 saturated carbocycles. The average molecular weight is 349 g/mol. The minimum absolute atomic E-state index is 0.352. The first-order valence-corrected chi connectivity index (χ1v) is 7.95. The number of hydrogen-bond acceptors (Lipinski definition) is 3. The van der Waals surface area contributed by atoms with E-state index in [1.165, 1.54) is 19.2 Å². The summed E-state index contributed by atoms with van der Waals surface area (Å²) in [5, 5.41) is 0. The molecular weight excluding hydrogens is 331 g/mol. The molecule has 1 heterocycles. The van der Waals surface area contributed by atoms with Crippen LogP contribution in [0.2, 0.25) is 0 Å². The van der Waals surface area contributed by atoms with Gasteiger partial charge in [-0.05, 0) is 47.4 Å². The van der Waals surface area contributed by atoms with Crippen molar-refractivity contribution in [2.75, 3.05) is 13.7 Å². The van der Waals surface area contributed by atoms with E-state index in [2.05, 4.69) is 4.90 Å². The number of alkyl halides is 3. The third-order valence-corrected chi connectivity index (χ3v) is 4.41. The lowest BCUT2D eigenvalue weighted by molar-refractivity contribution is -0.137. The number of methoxy groups -OCH3 is 1. The summed E-state index contributed by atoms with van der Waals surface area (Å²) in [6, 6.07) is 10.8. The van der Waals surface area contributed by atoms with Crippen LogP contribution in [0.25, 0.3) is 0 Å². The highest BCUT2D eigenvalue weighted by Crippen LogP contribution is 2.29. The molecule has 0 fully saturated rings. The Balaban J connectivity index is 1.68. The maximum atomic E-state index is 12.6. The monoisotopic (exact) mass is 349 g/mol. The van der Waals surface area contributed by atoms with Crippen molar-refractivity contribution in [3.05, 3.63) is 70.3 Å². The molecule has 25 heavy (non-hydrogen) atoms. The van der Waals surface area contributed by atoms with E-state index in [0.29, 0.717) is 18.7 Å². The number of halogens is 3. The second-order valence-electron chi connectivity index (χ2n) is 6.13. The van der Waals surface area contributed by atoms with E-state index in [4.69, 9.17) is 4.74 Å². The zero-order chi connectivity index (χ0) is 18.0. The predicted molar refractivity (Wildman–Crippen MR) is 87.0 cm³/mol. The summed E-state index contributed by atoms with van der Waals surface area (Å²) in [6.07, 6.45) is -3.51. The molecule has 0 amide bonds. The third-order valence-electron chi connectivity index (χ3n) is 4.41. The molecule has 132 valence electrons. The highest BCUT2D eigenvalue weighted by Gasteiger charge is 2.30. The summed E-state index contributed by atoms with van der Waals surface area (Å²) in [5.41, 5.74) is 3.01. The van der Waals surface area contributed by atoms with E-state index < -0.39 is 11.7 Å². The molecule has 0 aliphatic carbocycles. The number of rotatable bonds is 3. The van der Waals surface area contributed by atoms with Crippen molar-refractivity contribution in [3.63, 3.8) is 0 Å². The quantitative estimate of drug-likeness (QED) is 0.783. The minimum Gasteiger partial charge on any atom is -0.465 e. The topological polar surface area (TPSA) is 29.5 Å². The molecule has 3 nitrogen and oxygen atoms in total. The number of esters is 1. The van der Waals surface area contributed by atoms with Gasteiger partial charge >= 0.3 is 12.1 Å². The second kappa shape index (κ2) is 6.88. The number of nitrogens with zero attached hydrogens (tertiary/aromatic N) is 1. The van der Waals surface area contributed by atoms with Crippen LogP contribution < -0.4 is 0 Å². The largest absolute Gasteiger partial charge is 0.465 e. The van der Waals surface area contributed by atoms with Gasteiger partial charge in [-0.2, -0.15) is 13.2 Å². The Labute approximate surface area is 144 Å². The van der Waals surface area contributed by atoms with Crippen molar-refractivity contribution >= 4 is 5.97 Å². The average Bonchev–Trinajstić information content (AvgIpc) is 2.60. The van der Waals surface area contributed by atoms with Crippen LogP contribution in [0.3, 0.4) is 0 Å². The third kappa shape index (κ3) is 4.02. The van der Waals surface area contributed by atoms with Crippen molar-refractivity contribution < 1.29 is 22.7 Å². The van der Waals surface area contributed by atoms with Crippen molar-refractivity contribution in [2.24, 2.45) is 0 Å². The lowest BCUT2D eigenvalue weighted by Crippen LogP contribution is -2.30. The van der Waals surface area contributed by atoms with E-state index >= 15 is 0 Å². The molecule has 1 aliphatic heterocycles. The fourth-order valence-electron chi connectivity index (χ4n) is 3.05. The van der Waals surface area contributed by atoms with Gasteiger partial charge in [0.25, 0.3) is 0 Å². The van der Waals surface area contributed by atoms with Gasteiger partial charge in [0.1, 0.15) is 0 Å². The maximum Gasteiger partial charge on any atom is 0.416 e. The van der Waals surface area contributed by atoms with Gasteiger partial charge in [-0.25, -0.2) is 4.79 Å². The summed E-state index contributed by atoms with van der Waals surface area (Å²) in [7, 11) is 1.35. The van der Waals surface area contributed by atoms with Gasteiger partial charge in [-0.3, -0.25) is 4.90 Å². The SMILES string of the molecule is COC(=O)c1ccc2c(c1)CCN(Cc1ccc(C(F)(F)F)cc1)C2. The van der Waals surface area contributed by atoms with Crippen LogP contribution >= 0.6 is 0 Å². The Kier molecular flexibility index (Phi) is 4.81. The lowest BCUT2D eigenvalue weighted by atomic mass is 9.97. The number of ether oxygens (including phenoxy) is 1. The summed E-state index contributed by atoms with van der Waals surface area (Å²) in [4.78, 5) is 13.8. The van der Waals surface area contributed by atoms with Gasteiger partial charge in [0.05, 0.1) is 18.2 Å². The molecule has 1 aliphatic rings. The molecule has 0 spiro atoms. The van der Waals surface area contributed by atoms with Gasteiger partial charge in [-0.1, -0.05) is 18.2 Å². The van der Waals surface area contributed by atoms with Gasteiger partial charge in [0.15, 0.2) is 0 Å². The zero-order valence-corrected chi connectivity index (χ0v) is 13.8. The summed E-state index contributed by atoms with van der Waals surface area (Å²) in [6.45, 7) is 2.09. The van der Waals surface area contributed by atoms with Gasteiger partial charge < -0.3 is 4.74 Å². The maximum absolute atomic E-state index is 12.6. The molecule has 0 atom stereocenters. The smallest absolute Gasteiger partial charge is 0.416 e. The van der Waals surface area contributed by atoms with Crippen molar-refractivity contribution in [2.45, 2.75) is 25.7 Å². The number of hydrogen-bond donors (Lipinski definition) is 0. The summed E-state index contributed by atoms with van der Waals surface area (Å²) < 4.78 is 42.6. The fraction of sp³-hybridized carbons (Fsp3) is 0.316. The van der Waals surface area contributed by atoms with Crippen LogP contribution in [-0.4, -0.2) is 24.5 Å². The molecular formula is C19H18F3NO2. The molecule has 0 saturated heterocycles. The molecule has 0 radical (unpaired) electrons. The minimum atomic E-state index is -4.31. The molecule has 6 heteroatoms. The Morgan fingerprint density at radius 3 is 2.48 bits per heavy atom. The highest BCUT2D eigenvalue weighted by molar-refractivity contribution is 5.89. The van der Waals surface area contributed by atoms with Gasteiger partial charge in [-0.15, -0.1) is 0 Å². The molecule has 0 N–H and O–H groups in total. The number of fused-ring (bicyclic) bond motifs is 1. The van der Waals surface area contributed by atoms with Crippen LogP contribution in [0.4, 0.5) is 13.2 Å². The van der Waals surface area contributed by atoms with Crippen molar-refractivity contribution in [1.29, 1.82) is 0 Å². The molecule has 2 aromatic carbocycles. The summed E-state index contributed by atoms with van der Waals surface area (Å²) in [5.74, 6) is -0.352. The molecule has 3 rings (SSSR count). The first-order chi connectivity index (χ1) is 11.9. The number of carbonyl (C=O) groups is 1. The van der Waals surface area contributed by atoms with Crippen LogP contribution in [0.15, 0.2) is 42.5 Å². The Bertz CT molecular complexity index is 769. The Morgan fingerprint density at radius 2 is 1.84 bits per heavy atom. The van der Waals surface area contributed by atoms with E-state index in [0.717, 1.165) is 41.8 Å². The summed E-state index contributed by atoms with van der Waals surface area (Å²) >= 11 is 0. The number of benzene rings is 2. The van der Waals surface area contributed by atoms with E-state index in [-0.39, 0.29) is 5.97 Å².